The fourth-order valence-corrected chi connectivity index (χ4v) is 1.89. The molecule has 14 heavy (non-hydrogen) atoms. The molecule has 1 unspecified atom stereocenters. The van der Waals surface area contributed by atoms with Crippen LogP contribution in [0.3, 0.4) is 0 Å². The molecule has 0 aromatic heterocycles. The van der Waals surface area contributed by atoms with Crippen LogP contribution in [0.15, 0.2) is 41.1 Å². The summed E-state index contributed by atoms with van der Waals surface area (Å²) in [5.74, 6) is 0. The molecule has 0 bridgehead atoms. The summed E-state index contributed by atoms with van der Waals surface area (Å²) in [6.07, 6.45) is 1.77. The molecule has 1 aromatic rings. The van der Waals surface area contributed by atoms with E-state index in [-0.39, 0.29) is 4.82 Å². The molecule has 0 fully saturated rings. The van der Waals surface area contributed by atoms with Crippen molar-refractivity contribution in [3.05, 3.63) is 46.6 Å². The van der Waals surface area contributed by atoms with Crippen LogP contribution in [-0.4, -0.2) is 38.6 Å². The second kappa shape index (κ2) is 6.31. The standard InChI is InChI=1S/C11H12OSe2/c1-2-12-8-10(13)11(14)9-6-4-3-5-7-9/h3-8,11H,2H2,1H3/b10-8-. The Kier molecular flexibility index (Phi) is 5.35. The van der Waals surface area contributed by atoms with Gasteiger partial charge in [0.25, 0.3) is 0 Å². The van der Waals surface area contributed by atoms with Gasteiger partial charge in [0.2, 0.25) is 0 Å². The van der Waals surface area contributed by atoms with Crippen molar-refractivity contribution in [3.8, 4) is 0 Å². The summed E-state index contributed by atoms with van der Waals surface area (Å²) in [5.41, 5.74) is 1.25. The van der Waals surface area contributed by atoms with Gasteiger partial charge >= 0.3 is 102 Å². The van der Waals surface area contributed by atoms with E-state index in [4.69, 9.17) is 4.74 Å². The molecule has 0 saturated heterocycles. The van der Waals surface area contributed by atoms with Crippen molar-refractivity contribution in [2.75, 3.05) is 6.61 Å². The van der Waals surface area contributed by atoms with E-state index < -0.39 is 0 Å². The van der Waals surface area contributed by atoms with Crippen LogP contribution >= 0.6 is 0 Å². The van der Waals surface area contributed by atoms with E-state index in [0.717, 1.165) is 4.47 Å². The normalized spacial score (nSPS) is 13.7. The van der Waals surface area contributed by atoms with Crippen LogP contribution in [0.1, 0.15) is 17.3 Å². The van der Waals surface area contributed by atoms with Gasteiger partial charge in [0.1, 0.15) is 0 Å². The fourth-order valence-electron chi connectivity index (χ4n) is 1.02. The number of allylic oxidation sites excluding steroid dienone is 1. The summed E-state index contributed by atoms with van der Waals surface area (Å²) in [4.78, 5) is 0.253. The summed E-state index contributed by atoms with van der Waals surface area (Å²) in [7, 11) is 0. The molecule has 1 aromatic carbocycles. The number of benzene rings is 1. The van der Waals surface area contributed by atoms with Crippen LogP contribution in [0, 0.1) is 0 Å². The van der Waals surface area contributed by atoms with Gasteiger partial charge in [-0.2, -0.15) is 0 Å². The van der Waals surface area contributed by atoms with Crippen molar-refractivity contribution in [3.63, 3.8) is 0 Å². The second-order valence-corrected chi connectivity index (χ2v) is 4.74. The summed E-state index contributed by atoms with van der Waals surface area (Å²) >= 11 is 6.14. The molecule has 74 valence electrons. The average Bonchev–Trinajstić information content (AvgIpc) is 2.26. The molecule has 1 rings (SSSR count). The monoisotopic (exact) mass is 320 g/mol. The van der Waals surface area contributed by atoms with Crippen molar-refractivity contribution in [2.24, 2.45) is 0 Å². The summed E-state index contributed by atoms with van der Waals surface area (Å²) < 4.78 is 6.31. The molecule has 0 aliphatic rings. The Bertz CT molecular complexity index is 295. The van der Waals surface area contributed by atoms with Crippen molar-refractivity contribution >= 4 is 32.0 Å². The topological polar surface area (TPSA) is 9.23 Å². The molecule has 1 atom stereocenters. The molecule has 0 amide bonds. The minimum atomic E-state index is 0.253. The van der Waals surface area contributed by atoms with E-state index in [0.29, 0.717) is 6.61 Å². The number of rotatable bonds is 4. The second-order valence-electron chi connectivity index (χ2n) is 2.77. The van der Waals surface area contributed by atoms with Gasteiger partial charge in [-0.05, 0) is 0 Å². The van der Waals surface area contributed by atoms with Crippen molar-refractivity contribution in [1.29, 1.82) is 0 Å². The predicted molar refractivity (Wildman–Crippen MR) is 60.4 cm³/mol. The fraction of sp³-hybridized carbons (Fsp3) is 0.273. The van der Waals surface area contributed by atoms with Gasteiger partial charge in [-0.15, -0.1) is 0 Å². The Morgan fingerprint density at radius 2 is 2.07 bits per heavy atom. The van der Waals surface area contributed by atoms with Gasteiger partial charge in [0.15, 0.2) is 0 Å². The molecule has 0 heterocycles. The summed E-state index contributed by atoms with van der Waals surface area (Å²) in [6.45, 7) is 2.67. The van der Waals surface area contributed by atoms with E-state index in [1.54, 1.807) is 6.26 Å². The third-order valence-corrected chi connectivity index (χ3v) is 4.28. The van der Waals surface area contributed by atoms with Crippen molar-refractivity contribution in [2.45, 2.75) is 11.7 Å². The number of hydrogen-bond donors (Lipinski definition) is 0. The molecule has 3 heteroatoms. The van der Waals surface area contributed by atoms with Crippen LogP contribution in [0.25, 0.3) is 0 Å². The Balaban J connectivity index is 2.70. The predicted octanol–water partition coefficient (Wildman–Crippen LogP) is 1.94. The first-order valence-corrected chi connectivity index (χ1v) is 6.29. The zero-order chi connectivity index (χ0) is 10.4. The first-order valence-electron chi connectivity index (χ1n) is 4.45. The molecule has 0 aliphatic carbocycles. The van der Waals surface area contributed by atoms with Gasteiger partial charge in [-0.3, -0.25) is 0 Å². The van der Waals surface area contributed by atoms with Gasteiger partial charge in [-0.1, -0.05) is 0 Å². The van der Waals surface area contributed by atoms with Crippen molar-refractivity contribution < 1.29 is 4.74 Å². The average molecular weight is 318 g/mol. The zero-order valence-corrected chi connectivity index (χ0v) is 11.4. The van der Waals surface area contributed by atoms with Crippen LogP contribution < -0.4 is 0 Å². The van der Waals surface area contributed by atoms with Gasteiger partial charge in [0.05, 0.1) is 0 Å². The molecule has 2 radical (unpaired) electrons. The van der Waals surface area contributed by atoms with Gasteiger partial charge in [0, 0.05) is 0 Å². The van der Waals surface area contributed by atoms with Crippen LogP contribution in [-0.2, 0) is 4.74 Å². The first kappa shape index (κ1) is 11.9. The molecular formula is C11H12OSe2. The molecule has 0 aliphatic heterocycles. The van der Waals surface area contributed by atoms with Gasteiger partial charge in [-0.25, -0.2) is 0 Å². The molecular weight excluding hydrogens is 306 g/mol. The molecule has 0 N–H and O–H groups in total. The summed E-state index contributed by atoms with van der Waals surface area (Å²) in [5, 5.41) is 0. The van der Waals surface area contributed by atoms with E-state index in [9.17, 15) is 0 Å². The maximum atomic E-state index is 5.22. The van der Waals surface area contributed by atoms with Crippen LogP contribution in [0.5, 0.6) is 0 Å². The Hall–Kier alpha value is -0.201. The maximum absolute atomic E-state index is 5.22. The van der Waals surface area contributed by atoms with Gasteiger partial charge < -0.3 is 0 Å². The SMILES string of the molecule is CCO/C=C(\[Se])C([Se])c1ccccc1. The van der Waals surface area contributed by atoms with E-state index in [1.807, 2.05) is 25.1 Å². The minimum absolute atomic E-state index is 0.253. The van der Waals surface area contributed by atoms with E-state index >= 15 is 0 Å². The van der Waals surface area contributed by atoms with Crippen LogP contribution in [0.2, 0.25) is 0 Å². The molecule has 0 saturated carbocycles. The Morgan fingerprint density at radius 3 is 2.64 bits per heavy atom. The molecule has 0 spiro atoms. The van der Waals surface area contributed by atoms with E-state index in [2.05, 4.69) is 44.2 Å². The third kappa shape index (κ3) is 3.51. The first-order chi connectivity index (χ1) is 6.75. The van der Waals surface area contributed by atoms with Crippen LogP contribution in [0.4, 0.5) is 0 Å². The molecule has 1 nitrogen and oxygen atoms in total. The van der Waals surface area contributed by atoms with Crippen molar-refractivity contribution in [1.82, 2.24) is 0 Å². The summed E-state index contributed by atoms with van der Waals surface area (Å²) in [6, 6.07) is 10.3. The Labute approximate surface area is 102 Å². The Morgan fingerprint density at radius 1 is 1.43 bits per heavy atom. The number of ether oxygens (including phenoxy) is 1. The zero-order valence-electron chi connectivity index (χ0n) is 7.97. The van der Waals surface area contributed by atoms with E-state index in [1.165, 1.54) is 5.56 Å². The number of hydrogen-bond acceptors (Lipinski definition) is 1. The quantitative estimate of drug-likeness (QED) is 0.609. The third-order valence-electron chi connectivity index (χ3n) is 1.73.